The van der Waals surface area contributed by atoms with Gasteiger partial charge >= 0.3 is 0 Å². The number of hydrogen-bond donors (Lipinski definition) is 0. The monoisotopic (exact) mass is 278 g/mol. The van der Waals surface area contributed by atoms with Crippen LogP contribution in [0.2, 0.25) is 0 Å². The van der Waals surface area contributed by atoms with Crippen molar-refractivity contribution in [2.45, 2.75) is 26.3 Å². The molecular formula is C15H19ClN2O. The van der Waals surface area contributed by atoms with Crippen LogP contribution in [0.25, 0.3) is 11.0 Å². The molecule has 1 aliphatic heterocycles. The fourth-order valence-corrected chi connectivity index (χ4v) is 2.97. The van der Waals surface area contributed by atoms with Crippen LogP contribution in [-0.2, 0) is 17.7 Å². The number of hydrogen-bond acceptors (Lipinski definition) is 2. The van der Waals surface area contributed by atoms with E-state index >= 15 is 0 Å². The summed E-state index contributed by atoms with van der Waals surface area (Å²) in [5, 5.41) is 0. The van der Waals surface area contributed by atoms with Crippen LogP contribution in [0.3, 0.4) is 0 Å². The highest BCUT2D eigenvalue weighted by Crippen LogP contribution is 2.24. The van der Waals surface area contributed by atoms with Crippen LogP contribution in [0.4, 0.5) is 0 Å². The van der Waals surface area contributed by atoms with E-state index in [-0.39, 0.29) is 0 Å². The highest BCUT2D eigenvalue weighted by Gasteiger charge is 2.19. The van der Waals surface area contributed by atoms with Crippen LogP contribution < -0.4 is 0 Å². The first-order valence-electron chi connectivity index (χ1n) is 6.88. The smallest absolute Gasteiger partial charge is 0.111 e. The number of para-hydroxylation sites is 1. The van der Waals surface area contributed by atoms with Crippen LogP contribution >= 0.6 is 11.6 Å². The van der Waals surface area contributed by atoms with E-state index in [0.29, 0.717) is 11.8 Å². The van der Waals surface area contributed by atoms with E-state index < -0.39 is 0 Å². The second-order valence-electron chi connectivity index (χ2n) is 5.25. The van der Waals surface area contributed by atoms with Gasteiger partial charge in [-0.2, -0.15) is 0 Å². The third-order valence-corrected chi connectivity index (χ3v) is 4.03. The van der Waals surface area contributed by atoms with E-state index in [1.165, 1.54) is 11.1 Å². The van der Waals surface area contributed by atoms with Gasteiger partial charge in [0.05, 0.1) is 17.6 Å². The van der Waals surface area contributed by atoms with Crippen molar-refractivity contribution in [3.63, 3.8) is 0 Å². The lowest BCUT2D eigenvalue weighted by Gasteiger charge is -2.12. The Labute approximate surface area is 118 Å². The number of aryl methyl sites for hydroxylation is 2. The van der Waals surface area contributed by atoms with Crippen molar-refractivity contribution < 1.29 is 4.74 Å². The number of imidazole rings is 1. The molecule has 1 aromatic heterocycles. The van der Waals surface area contributed by atoms with Crippen LogP contribution in [0.1, 0.15) is 17.8 Å². The third-order valence-electron chi connectivity index (χ3n) is 3.84. The van der Waals surface area contributed by atoms with Gasteiger partial charge in [-0.1, -0.05) is 12.1 Å². The van der Waals surface area contributed by atoms with Crippen LogP contribution in [-0.4, -0.2) is 28.6 Å². The molecular weight excluding hydrogens is 260 g/mol. The van der Waals surface area contributed by atoms with Crippen LogP contribution in [0, 0.1) is 12.8 Å². The Morgan fingerprint density at radius 2 is 2.37 bits per heavy atom. The normalized spacial score (nSPS) is 19.4. The van der Waals surface area contributed by atoms with Crippen molar-refractivity contribution in [3.05, 3.63) is 29.6 Å². The molecule has 3 nitrogen and oxygen atoms in total. The number of benzene rings is 1. The van der Waals surface area contributed by atoms with Gasteiger partial charge < -0.3 is 9.30 Å². The highest BCUT2D eigenvalue weighted by molar-refractivity contribution is 6.17. The van der Waals surface area contributed by atoms with E-state index in [1.807, 2.05) is 0 Å². The molecule has 2 heterocycles. The molecule has 3 rings (SSSR count). The minimum atomic E-state index is 0.604. The third kappa shape index (κ3) is 2.49. The summed E-state index contributed by atoms with van der Waals surface area (Å²) in [4.78, 5) is 4.78. The van der Waals surface area contributed by atoms with Gasteiger partial charge in [-0.05, 0) is 25.0 Å². The lowest BCUT2D eigenvalue weighted by molar-refractivity contribution is 0.182. The molecule has 1 saturated heterocycles. The Hall–Kier alpha value is -1.06. The summed E-state index contributed by atoms with van der Waals surface area (Å²) in [5.41, 5.74) is 3.57. The fraction of sp³-hybridized carbons (Fsp3) is 0.533. The van der Waals surface area contributed by atoms with E-state index in [2.05, 4.69) is 29.7 Å². The van der Waals surface area contributed by atoms with Crippen molar-refractivity contribution in [1.82, 2.24) is 9.55 Å². The molecule has 2 aromatic rings. The average molecular weight is 279 g/mol. The molecule has 0 aliphatic carbocycles. The Kier molecular flexibility index (Phi) is 3.76. The van der Waals surface area contributed by atoms with Gasteiger partial charge in [0.15, 0.2) is 0 Å². The molecule has 102 valence electrons. The van der Waals surface area contributed by atoms with E-state index in [4.69, 9.17) is 21.3 Å². The van der Waals surface area contributed by atoms with Crippen molar-refractivity contribution in [3.8, 4) is 0 Å². The Morgan fingerprint density at radius 1 is 1.47 bits per heavy atom. The topological polar surface area (TPSA) is 27.1 Å². The summed E-state index contributed by atoms with van der Waals surface area (Å²) >= 11 is 5.91. The van der Waals surface area contributed by atoms with Gasteiger partial charge in [-0.15, -0.1) is 11.6 Å². The molecule has 1 unspecified atom stereocenters. The predicted octanol–water partition coefficient (Wildman–Crippen LogP) is 3.16. The second-order valence-corrected chi connectivity index (χ2v) is 5.63. The van der Waals surface area contributed by atoms with Crippen LogP contribution in [0.15, 0.2) is 18.2 Å². The maximum atomic E-state index is 5.91. The summed E-state index contributed by atoms with van der Waals surface area (Å²) in [7, 11) is 0. The summed E-state index contributed by atoms with van der Waals surface area (Å²) in [6.07, 6.45) is 1.97. The summed E-state index contributed by atoms with van der Waals surface area (Å²) < 4.78 is 7.82. The Bertz CT molecular complexity index is 573. The lowest BCUT2D eigenvalue weighted by atomic mass is 10.1. The molecule has 0 amide bonds. The summed E-state index contributed by atoms with van der Waals surface area (Å²) in [6, 6.07) is 6.37. The Morgan fingerprint density at radius 3 is 3.11 bits per heavy atom. The van der Waals surface area contributed by atoms with Crippen molar-refractivity contribution in [2.75, 3.05) is 19.1 Å². The maximum absolute atomic E-state index is 5.91. The van der Waals surface area contributed by atoms with Crippen molar-refractivity contribution >= 4 is 22.6 Å². The molecule has 0 spiro atoms. The average Bonchev–Trinajstić information content (AvgIpc) is 3.01. The number of rotatable bonds is 4. The molecule has 0 saturated carbocycles. The summed E-state index contributed by atoms with van der Waals surface area (Å²) in [5.74, 6) is 2.32. The Balaban J connectivity index is 2.02. The first kappa shape index (κ1) is 12.9. The summed E-state index contributed by atoms with van der Waals surface area (Å²) in [6.45, 7) is 4.86. The lowest BCUT2D eigenvalue weighted by Crippen LogP contribution is -2.13. The number of alkyl halides is 1. The van der Waals surface area contributed by atoms with Crippen molar-refractivity contribution in [2.24, 2.45) is 5.92 Å². The number of aromatic nitrogens is 2. The SMILES string of the molecule is Cc1cccc2c1nc(CCCl)n2CC1CCOC1. The molecule has 0 bridgehead atoms. The van der Waals surface area contributed by atoms with Gasteiger partial charge in [0.25, 0.3) is 0 Å². The van der Waals surface area contributed by atoms with Gasteiger partial charge in [0.1, 0.15) is 5.82 Å². The first-order chi connectivity index (χ1) is 9.29. The van der Waals surface area contributed by atoms with E-state index in [9.17, 15) is 0 Å². The van der Waals surface area contributed by atoms with Gasteiger partial charge in [0, 0.05) is 31.4 Å². The van der Waals surface area contributed by atoms with Crippen LogP contribution in [0.5, 0.6) is 0 Å². The molecule has 4 heteroatoms. The molecule has 0 N–H and O–H groups in total. The minimum absolute atomic E-state index is 0.604. The van der Waals surface area contributed by atoms with E-state index in [0.717, 1.165) is 43.9 Å². The first-order valence-corrected chi connectivity index (χ1v) is 7.41. The predicted molar refractivity (Wildman–Crippen MR) is 77.8 cm³/mol. The number of fused-ring (bicyclic) bond motifs is 1. The zero-order valence-corrected chi connectivity index (χ0v) is 12.0. The van der Waals surface area contributed by atoms with Gasteiger partial charge in [0.2, 0.25) is 0 Å². The number of halogens is 1. The zero-order valence-electron chi connectivity index (χ0n) is 11.2. The number of nitrogens with zero attached hydrogens (tertiary/aromatic N) is 2. The fourth-order valence-electron chi connectivity index (χ4n) is 2.80. The highest BCUT2D eigenvalue weighted by atomic mass is 35.5. The molecule has 1 atom stereocenters. The quantitative estimate of drug-likeness (QED) is 0.804. The van der Waals surface area contributed by atoms with Gasteiger partial charge in [-0.3, -0.25) is 0 Å². The molecule has 1 aromatic carbocycles. The number of ether oxygens (including phenoxy) is 1. The molecule has 1 fully saturated rings. The molecule has 0 radical (unpaired) electrons. The minimum Gasteiger partial charge on any atom is -0.381 e. The zero-order chi connectivity index (χ0) is 13.2. The standard InChI is InChI=1S/C15H19ClN2O/c1-11-3-2-4-13-15(11)17-14(5-7-16)18(13)9-12-6-8-19-10-12/h2-4,12H,5-10H2,1H3. The van der Waals surface area contributed by atoms with Crippen molar-refractivity contribution in [1.29, 1.82) is 0 Å². The van der Waals surface area contributed by atoms with E-state index in [1.54, 1.807) is 0 Å². The largest absolute Gasteiger partial charge is 0.381 e. The maximum Gasteiger partial charge on any atom is 0.111 e. The van der Waals surface area contributed by atoms with Gasteiger partial charge in [-0.25, -0.2) is 4.98 Å². The molecule has 1 aliphatic rings. The molecule has 19 heavy (non-hydrogen) atoms. The second kappa shape index (κ2) is 5.51.